The summed E-state index contributed by atoms with van der Waals surface area (Å²) in [6.45, 7) is 2.09. The van der Waals surface area contributed by atoms with Gasteiger partial charge in [-0.3, -0.25) is 14.9 Å². The summed E-state index contributed by atoms with van der Waals surface area (Å²) in [5.41, 5.74) is 2.09. The predicted molar refractivity (Wildman–Crippen MR) is 134 cm³/mol. The minimum absolute atomic E-state index is 0. The number of sulfonamides is 1. The first-order valence-corrected chi connectivity index (χ1v) is 12.5. The number of carbonyl (C=O) groups is 1. The zero-order chi connectivity index (χ0) is 25.0. The van der Waals surface area contributed by atoms with Crippen LogP contribution in [0.1, 0.15) is 36.0 Å². The van der Waals surface area contributed by atoms with Crippen LogP contribution in [0, 0.1) is 10.1 Å². The maximum atomic E-state index is 13.3. The number of aryl methyl sites for hydroxylation is 1. The number of fused-ring (bicyclic) bond motifs is 1. The molecule has 36 heavy (non-hydrogen) atoms. The molecule has 9 nitrogen and oxygen atoms in total. The number of nitro groups is 1. The van der Waals surface area contributed by atoms with Crippen LogP contribution in [0.15, 0.2) is 71.6 Å². The molecular formula is C25H24KN2O7S. The number of non-ortho nitro benzene ring substituents is 1. The van der Waals surface area contributed by atoms with Gasteiger partial charge in [0.05, 0.1) is 15.7 Å². The average molecular weight is 536 g/mol. The van der Waals surface area contributed by atoms with Crippen LogP contribution in [0.5, 0.6) is 11.5 Å². The number of nitrogens with one attached hydrogen (secondary N) is 1. The van der Waals surface area contributed by atoms with E-state index in [1.807, 2.05) is 6.92 Å². The van der Waals surface area contributed by atoms with Crippen LogP contribution in [0.25, 0.3) is 0 Å². The van der Waals surface area contributed by atoms with E-state index in [4.69, 9.17) is 9.47 Å². The standard InChI is InChI=1S/C25H24N2O7S.K/c1-2-3-17-6-11-21(12-7-17)35(31,32)26-25(28)22(14-18-4-9-20(10-5-18)27(29)30)19-8-13-23-24(15-19)34-16-33-23;/h4-13,15,22H,2-3,14,16H2,1H3,(H,26,28);. The van der Waals surface area contributed by atoms with Crippen molar-refractivity contribution in [2.24, 2.45) is 0 Å². The van der Waals surface area contributed by atoms with Crippen molar-refractivity contribution in [2.75, 3.05) is 6.79 Å². The summed E-state index contributed by atoms with van der Waals surface area (Å²) in [5, 5.41) is 11.0. The molecule has 0 saturated carbocycles. The monoisotopic (exact) mass is 535 g/mol. The van der Waals surface area contributed by atoms with E-state index in [2.05, 4.69) is 4.72 Å². The van der Waals surface area contributed by atoms with Gasteiger partial charge >= 0.3 is 0 Å². The largest absolute Gasteiger partial charge is 0.454 e. The van der Waals surface area contributed by atoms with Crippen LogP contribution in [-0.4, -0.2) is 77.4 Å². The van der Waals surface area contributed by atoms with Crippen LogP contribution in [-0.2, 0) is 27.7 Å². The van der Waals surface area contributed by atoms with Crippen molar-refractivity contribution in [2.45, 2.75) is 37.0 Å². The van der Waals surface area contributed by atoms with E-state index >= 15 is 0 Å². The molecule has 1 aliphatic heterocycles. The molecule has 3 aromatic carbocycles. The van der Waals surface area contributed by atoms with Crippen LogP contribution in [0.3, 0.4) is 0 Å². The Labute approximate surface area is 251 Å². The number of nitro benzene ring substituents is 1. The van der Waals surface area contributed by atoms with Gasteiger partial charge < -0.3 is 9.47 Å². The number of hydrogen-bond donors (Lipinski definition) is 1. The molecule has 0 saturated heterocycles. The Hall–Kier alpha value is -2.28. The van der Waals surface area contributed by atoms with E-state index in [1.54, 1.807) is 42.5 Å². The number of rotatable bonds is 9. The van der Waals surface area contributed by atoms with Crippen LogP contribution in [0.2, 0.25) is 0 Å². The van der Waals surface area contributed by atoms with Crippen molar-refractivity contribution in [3.05, 3.63) is 93.5 Å². The molecule has 1 aliphatic rings. The molecule has 3 aromatic rings. The molecule has 1 atom stereocenters. The number of amides is 1. The average Bonchev–Trinajstić information content (AvgIpc) is 3.31. The van der Waals surface area contributed by atoms with E-state index in [-0.39, 0.29) is 75.2 Å². The summed E-state index contributed by atoms with van der Waals surface area (Å²) in [6, 6.07) is 17.2. The quantitative estimate of drug-likeness (QED) is 0.251. The van der Waals surface area contributed by atoms with Gasteiger partial charge in [-0.2, -0.15) is 0 Å². The smallest absolute Gasteiger partial charge is 0.269 e. The second kappa shape index (κ2) is 12.3. The molecule has 183 valence electrons. The van der Waals surface area contributed by atoms with Crippen molar-refractivity contribution in [3.8, 4) is 11.5 Å². The van der Waals surface area contributed by atoms with Gasteiger partial charge in [0.15, 0.2) is 11.5 Å². The van der Waals surface area contributed by atoms with E-state index in [1.165, 1.54) is 24.3 Å². The maximum Gasteiger partial charge on any atom is 0.269 e. The maximum absolute atomic E-state index is 13.3. The molecule has 0 aromatic heterocycles. The van der Waals surface area contributed by atoms with E-state index in [9.17, 15) is 23.3 Å². The van der Waals surface area contributed by atoms with Gasteiger partial charge in [-0.25, -0.2) is 13.1 Å². The fourth-order valence-corrected chi connectivity index (χ4v) is 4.89. The normalized spacial score (nSPS) is 12.9. The molecule has 11 heteroatoms. The Morgan fingerprint density at radius 3 is 2.28 bits per heavy atom. The van der Waals surface area contributed by atoms with E-state index in [0.717, 1.165) is 18.4 Å². The second-order valence-corrected chi connectivity index (χ2v) is 9.84. The van der Waals surface area contributed by atoms with Crippen molar-refractivity contribution >= 4 is 73.0 Å². The number of carbonyl (C=O) groups excluding carboxylic acids is 1. The molecule has 0 fully saturated rings. The Bertz CT molecular complexity index is 1340. The van der Waals surface area contributed by atoms with Gasteiger partial charge in [-0.05, 0) is 53.8 Å². The van der Waals surface area contributed by atoms with Gasteiger partial charge in [0.25, 0.3) is 15.7 Å². The minimum Gasteiger partial charge on any atom is -0.454 e. The van der Waals surface area contributed by atoms with Crippen LogP contribution < -0.4 is 14.2 Å². The summed E-state index contributed by atoms with van der Waals surface area (Å²) in [7, 11) is -4.11. The zero-order valence-electron chi connectivity index (χ0n) is 20.0. The molecule has 4 rings (SSSR count). The van der Waals surface area contributed by atoms with Gasteiger partial charge in [-0.15, -0.1) is 0 Å². The summed E-state index contributed by atoms with van der Waals surface area (Å²) >= 11 is 0. The third-order valence-corrected chi connectivity index (χ3v) is 7.07. The van der Waals surface area contributed by atoms with Crippen molar-refractivity contribution in [3.63, 3.8) is 0 Å². The third-order valence-electron chi connectivity index (χ3n) is 5.71. The zero-order valence-corrected chi connectivity index (χ0v) is 23.9. The predicted octanol–water partition coefficient (Wildman–Crippen LogP) is 3.73. The molecule has 1 heterocycles. The molecule has 1 N–H and O–H groups in total. The third kappa shape index (κ3) is 6.72. The van der Waals surface area contributed by atoms with Gasteiger partial charge in [-0.1, -0.05) is 43.7 Å². The molecule has 0 bridgehead atoms. The molecule has 0 aliphatic carbocycles. The molecule has 0 spiro atoms. The number of benzene rings is 3. The summed E-state index contributed by atoms with van der Waals surface area (Å²) in [5.74, 6) is -0.638. The van der Waals surface area contributed by atoms with E-state index < -0.39 is 26.8 Å². The molecule has 1 amide bonds. The van der Waals surface area contributed by atoms with Crippen molar-refractivity contribution in [1.29, 1.82) is 0 Å². The molecule has 1 radical (unpaired) electrons. The summed E-state index contributed by atoms with van der Waals surface area (Å²) in [6.07, 6.45) is 1.88. The van der Waals surface area contributed by atoms with Gasteiger partial charge in [0, 0.05) is 63.5 Å². The first-order chi connectivity index (χ1) is 16.8. The van der Waals surface area contributed by atoms with Crippen LogP contribution in [0.4, 0.5) is 5.69 Å². The summed E-state index contributed by atoms with van der Waals surface area (Å²) < 4.78 is 38.8. The Balaban J connectivity index is 0.00000361. The number of hydrogen-bond acceptors (Lipinski definition) is 7. The summed E-state index contributed by atoms with van der Waals surface area (Å²) in [4.78, 5) is 23.8. The fourth-order valence-electron chi connectivity index (χ4n) is 3.87. The SMILES string of the molecule is CCCc1ccc(S(=O)(=O)NC(=O)C(Cc2ccc([N+](=O)[O-])cc2)c2ccc3c(c2)OCO3)cc1.[K]. The molecule has 1 unspecified atom stereocenters. The Morgan fingerprint density at radius 2 is 1.64 bits per heavy atom. The Morgan fingerprint density at radius 1 is 1.00 bits per heavy atom. The first-order valence-electron chi connectivity index (χ1n) is 11.1. The van der Waals surface area contributed by atoms with Gasteiger partial charge in [0.1, 0.15) is 0 Å². The van der Waals surface area contributed by atoms with Crippen molar-refractivity contribution < 1.29 is 27.6 Å². The Kier molecular flexibility index (Phi) is 9.67. The topological polar surface area (TPSA) is 125 Å². The minimum atomic E-state index is -4.11. The van der Waals surface area contributed by atoms with Gasteiger partial charge in [0.2, 0.25) is 12.7 Å². The van der Waals surface area contributed by atoms with E-state index in [0.29, 0.717) is 22.6 Å². The number of ether oxygens (including phenoxy) is 2. The fraction of sp³-hybridized carbons (Fsp3) is 0.240. The van der Waals surface area contributed by atoms with Crippen LogP contribution >= 0.6 is 0 Å². The molecular weight excluding hydrogens is 511 g/mol. The number of nitrogens with zero attached hydrogens (tertiary/aromatic N) is 1. The van der Waals surface area contributed by atoms with Crippen molar-refractivity contribution in [1.82, 2.24) is 4.72 Å². The first kappa shape index (κ1) is 28.3. The second-order valence-electron chi connectivity index (χ2n) is 8.16.